The summed E-state index contributed by atoms with van der Waals surface area (Å²) in [6.45, 7) is 7.59. The average Bonchev–Trinajstić information content (AvgIpc) is 3.09. The normalized spacial score (nSPS) is 17.0. The van der Waals surface area contributed by atoms with Gasteiger partial charge in [-0.1, -0.05) is 0 Å². The highest BCUT2D eigenvalue weighted by Gasteiger charge is 2.19. The Morgan fingerprint density at radius 2 is 2.09 bits per heavy atom. The first-order valence-corrected chi connectivity index (χ1v) is 8.45. The second-order valence-electron chi connectivity index (χ2n) is 6.40. The topological polar surface area (TPSA) is 68.0 Å². The van der Waals surface area contributed by atoms with Gasteiger partial charge < -0.3 is 10.2 Å². The molecule has 0 atom stereocenters. The van der Waals surface area contributed by atoms with Crippen LogP contribution in [0.15, 0.2) is 6.20 Å². The molecule has 0 bridgehead atoms. The molecular weight excluding hydrogens is 292 g/mol. The van der Waals surface area contributed by atoms with Gasteiger partial charge in [-0.2, -0.15) is 10.2 Å². The van der Waals surface area contributed by atoms with Crippen molar-refractivity contribution in [1.82, 2.24) is 29.8 Å². The number of nitrogens with zero attached hydrogens (tertiary/aromatic N) is 5. The van der Waals surface area contributed by atoms with Gasteiger partial charge in [0.25, 0.3) is 0 Å². The molecule has 3 heterocycles. The minimum atomic E-state index is 0.115. The summed E-state index contributed by atoms with van der Waals surface area (Å²) in [6, 6.07) is 0.320. The largest absolute Gasteiger partial charge is 0.353 e. The molecule has 0 saturated carbocycles. The molecule has 1 fully saturated rings. The Labute approximate surface area is 136 Å². The van der Waals surface area contributed by atoms with Crippen molar-refractivity contribution in [2.45, 2.75) is 52.2 Å². The molecule has 126 valence electrons. The van der Waals surface area contributed by atoms with E-state index in [0.29, 0.717) is 19.0 Å². The van der Waals surface area contributed by atoms with Crippen LogP contribution in [0.2, 0.25) is 0 Å². The first-order valence-electron chi connectivity index (χ1n) is 8.45. The third-order valence-corrected chi connectivity index (χ3v) is 4.65. The SMILES string of the molecule is CCn1nc(C)c2c1cnn2CCC(=O)NC1CCN(C)CC1. The monoisotopic (exact) mass is 318 g/mol. The number of aromatic nitrogens is 4. The van der Waals surface area contributed by atoms with Crippen LogP contribution in [-0.2, 0) is 17.9 Å². The number of hydrogen-bond acceptors (Lipinski definition) is 4. The Morgan fingerprint density at radius 1 is 1.35 bits per heavy atom. The van der Waals surface area contributed by atoms with Crippen molar-refractivity contribution >= 4 is 16.9 Å². The second-order valence-corrected chi connectivity index (χ2v) is 6.40. The van der Waals surface area contributed by atoms with Crippen LogP contribution in [0.5, 0.6) is 0 Å². The lowest BCUT2D eigenvalue weighted by Crippen LogP contribution is -2.43. The Bertz CT molecular complexity index is 680. The van der Waals surface area contributed by atoms with Crippen LogP contribution in [-0.4, -0.2) is 56.5 Å². The van der Waals surface area contributed by atoms with E-state index in [-0.39, 0.29) is 5.91 Å². The van der Waals surface area contributed by atoms with E-state index in [4.69, 9.17) is 0 Å². The summed E-state index contributed by atoms with van der Waals surface area (Å²) in [4.78, 5) is 14.5. The van der Waals surface area contributed by atoms with E-state index in [1.807, 2.05) is 22.5 Å². The van der Waals surface area contributed by atoms with Gasteiger partial charge in [0.2, 0.25) is 5.91 Å². The van der Waals surface area contributed by atoms with E-state index in [1.54, 1.807) is 0 Å². The van der Waals surface area contributed by atoms with Crippen molar-refractivity contribution in [2.75, 3.05) is 20.1 Å². The lowest BCUT2D eigenvalue weighted by Gasteiger charge is -2.29. The fourth-order valence-corrected chi connectivity index (χ4v) is 3.29. The van der Waals surface area contributed by atoms with Crippen LogP contribution in [0.4, 0.5) is 0 Å². The molecule has 1 amide bonds. The summed E-state index contributed by atoms with van der Waals surface area (Å²) >= 11 is 0. The maximum atomic E-state index is 12.2. The molecular formula is C16H26N6O. The summed E-state index contributed by atoms with van der Waals surface area (Å²) in [5, 5.41) is 12.1. The molecule has 7 heteroatoms. The number of likely N-dealkylation sites (tertiary alicyclic amines) is 1. The zero-order chi connectivity index (χ0) is 16.4. The van der Waals surface area contributed by atoms with Crippen molar-refractivity contribution in [3.05, 3.63) is 11.9 Å². The molecule has 1 N–H and O–H groups in total. The van der Waals surface area contributed by atoms with Crippen LogP contribution < -0.4 is 5.32 Å². The number of nitrogens with one attached hydrogen (secondary N) is 1. The van der Waals surface area contributed by atoms with Crippen LogP contribution in [0.3, 0.4) is 0 Å². The number of rotatable bonds is 5. The van der Waals surface area contributed by atoms with Crippen molar-refractivity contribution in [2.24, 2.45) is 0 Å². The predicted octanol–water partition coefficient (Wildman–Crippen LogP) is 1.16. The highest BCUT2D eigenvalue weighted by atomic mass is 16.1. The molecule has 0 unspecified atom stereocenters. The summed E-state index contributed by atoms with van der Waals surface area (Å²) in [7, 11) is 2.12. The van der Waals surface area contributed by atoms with Crippen LogP contribution in [0.1, 0.15) is 31.9 Å². The van der Waals surface area contributed by atoms with Gasteiger partial charge in [-0.15, -0.1) is 0 Å². The molecule has 0 aromatic carbocycles. The number of carbonyl (C=O) groups excluding carboxylic acids is 1. The highest BCUT2D eigenvalue weighted by molar-refractivity contribution is 5.79. The molecule has 1 aliphatic heterocycles. The molecule has 23 heavy (non-hydrogen) atoms. The van der Waals surface area contributed by atoms with Crippen LogP contribution in [0, 0.1) is 6.92 Å². The predicted molar refractivity (Wildman–Crippen MR) is 89.2 cm³/mol. The number of piperidine rings is 1. The van der Waals surface area contributed by atoms with Gasteiger partial charge in [0.05, 0.1) is 18.4 Å². The van der Waals surface area contributed by atoms with Crippen molar-refractivity contribution in [3.8, 4) is 0 Å². The third-order valence-electron chi connectivity index (χ3n) is 4.65. The Hall–Kier alpha value is -1.89. The number of amides is 1. The first kappa shape index (κ1) is 16.0. The molecule has 2 aromatic rings. The first-order chi connectivity index (χ1) is 11.1. The zero-order valence-corrected chi connectivity index (χ0v) is 14.2. The lowest BCUT2D eigenvalue weighted by molar-refractivity contribution is -0.122. The van der Waals surface area contributed by atoms with Crippen LogP contribution >= 0.6 is 0 Å². The summed E-state index contributed by atoms with van der Waals surface area (Å²) in [5.74, 6) is 0.115. The van der Waals surface area contributed by atoms with Gasteiger partial charge in [-0.3, -0.25) is 14.2 Å². The van der Waals surface area contributed by atoms with E-state index in [2.05, 4.69) is 34.4 Å². The van der Waals surface area contributed by atoms with Gasteiger partial charge in [-0.05, 0) is 46.8 Å². The summed E-state index contributed by atoms with van der Waals surface area (Å²) in [6.07, 6.45) is 4.38. The zero-order valence-electron chi connectivity index (χ0n) is 14.2. The van der Waals surface area contributed by atoms with Gasteiger partial charge >= 0.3 is 0 Å². The Balaban J connectivity index is 1.58. The molecule has 0 spiro atoms. The second kappa shape index (κ2) is 6.70. The van der Waals surface area contributed by atoms with Crippen molar-refractivity contribution < 1.29 is 4.79 Å². The fourth-order valence-electron chi connectivity index (χ4n) is 3.29. The number of fused-ring (bicyclic) bond motifs is 1. The van der Waals surface area contributed by atoms with E-state index in [0.717, 1.165) is 49.2 Å². The smallest absolute Gasteiger partial charge is 0.222 e. The highest BCUT2D eigenvalue weighted by Crippen LogP contribution is 2.18. The third kappa shape index (κ3) is 3.39. The van der Waals surface area contributed by atoms with E-state index >= 15 is 0 Å². The molecule has 0 radical (unpaired) electrons. The number of hydrogen-bond donors (Lipinski definition) is 1. The van der Waals surface area contributed by atoms with Gasteiger partial charge in [0.15, 0.2) is 0 Å². The minimum absolute atomic E-state index is 0.115. The van der Waals surface area contributed by atoms with Crippen molar-refractivity contribution in [3.63, 3.8) is 0 Å². The fraction of sp³-hybridized carbons (Fsp3) is 0.688. The summed E-state index contributed by atoms with van der Waals surface area (Å²) in [5.41, 5.74) is 3.05. The summed E-state index contributed by atoms with van der Waals surface area (Å²) < 4.78 is 3.85. The minimum Gasteiger partial charge on any atom is -0.353 e. The average molecular weight is 318 g/mol. The molecule has 1 saturated heterocycles. The molecule has 3 rings (SSSR count). The lowest BCUT2D eigenvalue weighted by atomic mass is 10.1. The molecule has 2 aromatic heterocycles. The van der Waals surface area contributed by atoms with E-state index < -0.39 is 0 Å². The van der Waals surface area contributed by atoms with Crippen LogP contribution in [0.25, 0.3) is 11.0 Å². The number of aryl methyl sites for hydroxylation is 3. The number of carbonyl (C=O) groups is 1. The Morgan fingerprint density at radius 3 is 2.78 bits per heavy atom. The molecule has 1 aliphatic rings. The molecule has 7 nitrogen and oxygen atoms in total. The van der Waals surface area contributed by atoms with Crippen molar-refractivity contribution in [1.29, 1.82) is 0 Å². The van der Waals surface area contributed by atoms with E-state index in [1.165, 1.54) is 0 Å². The van der Waals surface area contributed by atoms with E-state index in [9.17, 15) is 4.79 Å². The molecule has 0 aliphatic carbocycles. The Kier molecular flexibility index (Phi) is 4.66. The van der Waals surface area contributed by atoms with Gasteiger partial charge in [0, 0.05) is 19.0 Å². The maximum absolute atomic E-state index is 12.2. The maximum Gasteiger partial charge on any atom is 0.222 e. The van der Waals surface area contributed by atoms with Gasteiger partial charge in [-0.25, -0.2) is 0 Å². The quantitative estimate of drug-likeness (QED) is 0.898. The van der Waals surface area contributed by atoms with Gasteiger partial charge in [0.1, 0.15) is 11.0 Å². The standard InChI is InChI=1S/C16H26N6O/c1-4-21-14-11-17-22(16(14)12(2)19-21)10-7-15(23)18-13-5-8-20(3)9-6-13/h11,13H,4-10H2,1-3H3,(H,18,23).